The fourth-order valence-corrected chi connectivity index (χ4v) is 4.19. The summed E-state index contributed by atoms with van der Waals surface area (Å²) in [4.78, 5) is 13.8. The van der Waals surface area contributed by atoms with E-state index < -0.39 is 0 Å². The van der Waals surface area contributed by atoms with Crippen molar-refractivity contribution in [1.82, 2.24) is 4.90 Å². The van der Waals surface area contributed by atoms with Gasteiger partial charge in [0.2, 0.25) is 5.91 Å². The predicted molar refractivity (Wildman–Crippen MR) is 101 cm³/mol. The number of carbonyl (C=O) groups is 1. The first-order chi connectivity index (χ1) is 12.7. The second-order valence-corrected chi connectivity index (χ2v) is 7.68. The van der Waals surface area contributed by atoms with Crippen molar-refractivity contribution in [3.63, 3.8) is 0 Å². The minimum Gasteiger partial charge on any atom is -0.489 e. The van der Waals surface area contributed by atoms with Gasteiger partial charge in [-0.05, 0) is 69.5 Å². The van der Waals surface area contributed by atoms with Crippen LogP contribution in [-0.2, 0) is 4.79 Å². The molecule has 140 valence electrons. The lowest BCUT2D eigenvalue weighted by Crippen LogP contribution is -2.39. The number of nitriles is 1. The highest BCUT2D eigenvalue weighted by Crippen LogP contribution is 2.31. The quantitative estimate of drug-likeness (QED) is 0.850. The van der Waals surface area contributed by atoms with Crippen LogP contribution in [0, 0.1) is 23.2 Å². The zero-order chi connectivity index (χ0) is 18.4. The number of nitrogens with zero attached hydrogens (tertiary/aromatic N) is 2. The molecule has 1 aliphatic carbocycles. The summed E-state index contributed by atoms with van der Waals surface area (Å²) >= 11 is 0. The molecule has 0 aromatic heterocycles. The third kappa shape index (κ3) is 4.98. The summed E-state index contributed by atoms with van der Waals surface area (Å²) in [5, 5.41) is 9.17. The lowest BCUT2D eigenvalue weighted by molar-refractivity contribution is -0.123. The van der Waals surface area contributed by atoms with Crippen LogP contribution < -0.4 is 10.5 Å². The number of para-hydroxylation sites is 1. The second kappa shape index (κ2) is 9.05. The van der Waals surface area contributed by atoms with Gasteiger partial charge in [-0.2, -0.15) is 5.26 Å². The molecule has 0 radical (unpaired) electrons. The Hall–Kier alpha value is -2.06. The second-order valence-electron chi connectivity index (χ2n) is 7.68. The largest absolute Gasteiger partial charge is 0.489 e. The molecule has 2 N–H and O–H groups in total. The first kappa shape index (κ1) is 18.7. The number of ether oxygens (including phenoxy) is 1. The fraction of sp³-hybridized carbons (Fsp3) is 0.619. The molecule has 0 unspecified atom stereocenters. The van der Waals surface area contributed by atoms with Crippen LogP contribution in [0.2, 0.25) is 0 Å². The van der Waals surface area contributed by atoms with Gasteiger partial charge >= 0.3 is 0 Å². The van der Waals surface area contributed by atoms with Crippen molar-refractivity contribution in [2.45, 2.75) is 51.0 Å². The number of rotatable bonds is 6. The smallest absolute Gasteiger partial charge is 0.220 e. The standard InChI is InChI=1S/C21H29N3O2/c22-15-18-3-1-2-4-20(18)26-19-10-13-24(14-11-19)12-9-16-5-7-17(8-6-16)21(23)25/h1-4,16-17,19H,5-14H2,(H2,23,25). The summed E-state index contributed by atoms with van der Waals surface area (Å²) in [5.41, 5.74) is 6.03. The lowest BCUT2D eigenvalue weighted by Gasteiger charge is -2.34. The molecule has 0 spiro atoms. The minimum absolute atomic E-state index is 0.107. The van der Waals surface area contributed by atoms with Crippen molar-refractivity contribution in [1.29, 1.82) is 5.26 Å². The zero-order valence-corrected chi connectivity index (χ0v) is 15.4. The SMILES string of the molecule is N#Cc1ccccc1OC1CCN(CCC2CCC(C(N)=O)CC2)CC1. The molecule has 5 nitrogen and oxygen atoms in total. The average Bonchev–Trinajstić information content (AvgIpc) is 2.68. The summed E-state index contributed by atoms with van der Waals surface area (Å²) in [7, 11) is 0. The van der Waals surface area contributed by atoms with Crippen LogP contribution in [0.15, 0.2) is 24.3 Å². The Balaban J connectivity index is 1.37. The van der Waals surface area contributed by atoms with Crippen LogP contribution in [0.3, 0.4) is 0 Å². The molecule has 1 amide bonds. The summed E-state index contributed by atoms with van der Waals surface area (Å²) in [6.45, 7) is 3.24. The Labute approximate surface area is 156 Å². The number of primary amides is 1. The monoisotopic (exact) mass is 355 g/mol. The average molecular weight is 355 g/mol. The van der Waals surface area contributed by atoms with E-state index in [-0.39, 0.29) is 17.9 Å². The molecule has 1 aromatic rings. The first-order valence-corrected chi connectivity index (χ1v) is 9.83. The van der Waals surface area contributed by atoms with E-state index in [9.17, 15) is 4.79 Å². The predicted octanol–water partition coefficient (Wildman–Crippen LogP) is 3.08. The van der Waals surface area contributed by atoms with Gasteiger partial charge in [-0.25, -0.2) is 0 Å². The van der Waals surface area contributed by atoms with Gasteiger partial charge in [0.15, 0.2) is 0 Å². The van der Waals surface area contributed by atoms with E-state index in [4.69, 9.17) is 15.7 Å². The fourth-order valence-electron chi connectivity index (χ4n) is 4.19. The molecular weight excluding hydrogens is 326 g/mol. The van der Waals surface area contributed by atoms with Crippen LogP contribution in [0.5, 0.6) is 5.75 Å². The van der Waals surface area contributed by atoms with Crippen LogP contribution in [-0.4, -0.2) is 36.5 Å². The first-order valence-electron chi connectivity index (χ1n) is 9.83. The summed E-state index contributed by atoms with van der Waals surface area (Å²) in [6.07, 6.45) is 7.64. The Morgan fingerprint density at radius 3 is 2.50 bits per heavy atom. The zero-order valence-electron chi connectivity index (χ0n) is 15.4. The van der Waals surface area contributed by atoms with Crippen molar-refractivity contribution in [3.8, 4) is 11.8 Å². The molecule has 2 aliphatic rings. The maximum atomic E-state index is 11.3. The molecule has 0 atom stereocenters. The van der Waals surface area contributed by atoms with Gasteiger partial charge in [0.05, 0.1) is 5.56 Å². The van der Waals surface area contributed by atoms with Gasteiger partial charge in [-0.15, -0.1) is 0 Å². The van der Waals surface area contributed by atoms with Gasteiger partial charge in [-0.1, -0.05) is 12.1 Å². The molecule has 5 heteroatoms. The minimum atomic E-state index is -0.122. The topological polar surface area (TPSA) is 79.3 Å². The normalized spacial score (nSPS) is 24.7. The lowest BCUT2D eigenvalue weighted by atomic mass is 9.80. The Morgan fingerprint density at radius 2 is 1.85 bits per heavy atom. The highest BCUT2D eigenvalue weighted by Gasteiger charge is 2.26. The van der Waals surface area contributed by atoms with Crippen LogP contribution in [0.4, 0.5) is 0 Å². The third-order valence-corrected chi connectivity index (χ3v) is 5.94. The highest BCUT2D eigenvalue weighted by molar-refractivity contribution is 5.76. The van der Waals surface area contributed by atoms with Crippen LogP contribution >= 0.6 is 0 Å². The highest BCUT2D eigenvalue weighted by atomic mass is 16.5. The Morgan fingerprint density at radius 1 is 1.15 bits per heavy atom. The number of benzene rings is 1. The van der Waals surface area contributed by atoms with Crippen molar-refractivity contribution in [3.05, 3.63) is 29.8 Å². The third-order valence-electron chi connectivity index (χ3n) is 5.94. The molecule has 26 heavy (non-hydrogen) atoms. The number of likely N-dealkylation sites (tertiary alicyclic amines) is 1. The van der Waals surface area contributed by atoms with E-state index in [2.05, 4.69) is 11.0 Å². The number of piperidine rings is 1. The van der Waals surface area contributed by atoms with Crippen molar-refractivity contribution in [2.24, 2.45) is 17.6 Å². The number of carbonyl (C=O) groups excluding carboxylic acids is 1. The molecule has 3 rings (SSSR count). The maximum Gasteiger partial charge on any atom is 0.220 e. The number of hydrogen-bond donors (Lipinski definition) is 1. The maximum absolute atomic E-state index is 11.3. The number of amides is 1. The van der Waals surface area contributed by atoms with Gasteiger partial charge in [0, 0.05) is 19.0 Å². The molecule has 0 bridgehead atoms. The molecular formula is C21H29N3O2. The van der Waals surface area contributed by atoms with Crippen LogP contribution in [0.1, 0.15) is 50.5 Å². The van der Waals surface area contributed by atoms with Crippen LogP contribution in [0.25, 0.3) is 0 Å². The molecule has 1 aromatic carbocycles. The van der Waals surface area contributed by atoms with E-state index in [1.165, 1.54) is 6.42 Å². The summed E-state index contributed by atoms with van der Waals surface area (Å²) in [5.74, 6) is 1.43. The van der Waals surface area contributed by atoms with E-state index in [0.717, 1.165) is 64.1 Å². The van der Waals surface area contributed by atoms with Crippen molar-refractivity contribution >= 4 is 5.91 Å². The number of hydrogen-bond acceptors (Lipinski definition) is 4. The van der Waals surface area contributed by atoms with Crippen molar-refractivity contribution < 1.29 is 9.53 Å². The van der Waals surface area contributed by atoms with E-state index in [0.29, 0.717) is 11.3 Å². The molecule has 1 saturated heterocycles. The Bertz CT molecular complexity index is 639. The molecule has 1 saturated carbocycles. The molecule has 2 fully saturated rings. The molecule has 1 aliphatic heterocycles. The summed E-state index contributed by atoms with van der Waals surface area (Å²) in [6, 6.07) is 9.66. The van der Waals surface area contributed by atoms with Gasteiger partial charge in [-0.3, -0.25) is 4.79 Å². The van der Waals surface area contributed by atoms with Gasteiger partial charge in [0.1, 0.15) is 17.9 Å². The Kier molecular flexibility index (Phi) is 6.51. The van der Waals surface area contributed by atoms with Crippen molar-refractivity contribution in [2.75, 3.05) is 19.6 Å². The van der Waals surface area contributed by atoms with E-state index in [1.807, 2.05) is 18.2 Å². The van der Waals surface area contributed by atoms with E-state index >= 15 is 0 Å². The number of nitrogens with two attached hydrogens (primary N) is 1. The van der Waals surface area contributed by atoms with E-state index in [1.54, 1.807) is 6.07 Å². The van der Waals surface area contributed by atoms with Gasteiger partial charge < -0.3 is 15.4 Å². The van der Waals surface area contributed by atoms with Gasteiger partial charge in [0.25, 0.3) is 0 Å². The molecule has 1 heterocycles. The summed E-state index contributed by atoms with van der Waals surface area (Å²) < 4.78 is 6.06.